The van der Waals surface area contributed by atoms with Gasteiger partial charge in [0.2, 0.25) is 0 Å². The van der Waals surface area contributed by atoms with Gasteiger partial charge in [0.05, 0.1) is 11.7 Å². The van der Waals surface area contributed by atoms with Crippen LogP contribution in [-0.2, 0) is 0 Å². The minimum absolute atomic E-state index is 0.130. The molecule has 0 saturated carbocycles. The van der Waals surface area contributed by atoms with Gasteiger partial charge in [-0.3, -0.25) is 4.98 Å². The molecule has 4 aromatic rings. The molecule has 1 saturated heterocycles. The van der Waals surface area contributed by atoms with E-state index in [-0.39, 0.29) is 17.9 Å². The summed E-state index contributed by atoms with van der Waals surface area (Å²) in [7, 11) is 0. The van der Waals surface area contributed by atoms with Crippen molar-refractivity contribution in [3.05, 3.63) is 115 Å². The number of anilines is 1. The number of pyridine rings is 1. The molecule has 0 aliphatic carbocycles. The summed E-state index contributed by atoms with van der Waals surface area (Å²) >= 11 is 5.76. The van der Waals surface area contributed by atoms with E-state index < -0.39 is 0 Å². The summed E-state index contributed by atoms with van der Waals surface area (Å²) in [5.41, 5.74) is 3.84. The summed E-state index contributed by atoms with van der Waals surface area (Å²) in [5.74, 6) is -0.256. The monoisotopic (exact) mass is 414 g/mol. The minimum Gasteiger partial charge on any atom is -0.351 e. The van der Waals surface area contributed by atoms with Gasteiger partial charge in [-0.05, 0) is 72.9 Å². The van der Waals surface area contributed by atoms with Crippen LogP contribution in [-0.4, -0.2) is 14.7 Å². The van der Waals surface area contributed by atoms with Crippen molar-refractivity contribution >= 4 is 23.0 Å². The third-order valence-corrected chi connectivity index (χ3v) is 5.64. The lowest BCUT2D eigenvalue weighted by Gasteiger charge is -2.29. The van der Waals surface area contributed by atoms with Gasteiger partial charge in [-0.15, -0.1) is 0 Å². The average molecular weight is 415 g/mol. The van der Waals surface area contributed by atoms with E-state index in [9.17, 15) is 4.39 Å². The zero-order chi connectivity index (χ0) is 20.5. The molecule has 0 bridgehead atoms. The molecule has 6 heteroatoms. The van der Waals surface area contributed by atoms with Crippen LogP contribution in [0.15, 0.2) is 97.3 Å². The van der Waals surface area contributed by atoms with Crippen LogP contribution < -0.4 is 10.2 Å². The van der Waals surface area contributed by atoms with Crippen molar-refractivity contribution in [1.82, 2.24) is 14.9 Å². The van der Waals surface area contributed by atoms with Gasteiger partial charge in [-0.1, -0.05) is 24.3 Å². The number of halogens is 1. The Labute approximate surface area is 179 Å². The van der Waals surface area contributed by atoms with Gasteiger partial charge in [-0.25, -0.2) is 4.39 Å². The van der Waals surface area contributed by atoms with E-state index in [0.29, 0.717) is 5.11 Å². The first-order valence-corrected chi connectivity index (χ1v) is 10.1. The fraction of sp³-hybridized carbons (Fsp3) is 0.0833. The summed E-state index contributed by atoms with van der Waals surface area (Å²) in [4.78, 5) is 6.72. The molecule has 0 amide bonds. The molecular formula is C24H19FN4S. The first-order valence-electron chi connectivity index (χ1n) is 9.71. The van der Waals surface area contributed by atoms with Gasteiger partial charge in [0, 0.05) is 29.5 Å². The molecule has 0 unspecified atom stereocenters. The lowest BCUT2D eigenvalue weighted by Crippen LogP contribution is -2.30. The first-order chi connectivity index (χ1) is 14.7. The van der Waals surface area contributed by atoms with E-state index in [1.165, 1.54) is 12.1 Å². The predicted molar refractivity (Wildman–Crippen MR) is 120 cm³/mol. The Kier molecular flexibility index (Phi) is 4.77. The van der Waals surface area contributed by atoms with Gasteiger partial charge in [0.25, 0.3) is 0 Å². The second kappa shape index (κ2) is 7.72. The van der Waals surface area contributed by atoms with E-state index in [2.05, 4.69) is 25.8 Å². The number of benzene rings is 2. The molecule has 0 radical (unpaired) electrons. The number of para-hydroxylation sites is 1. The van der Waals surface area contributed by atoms with Gasteiger partial charge in [0.15, 0.2) is 5.11 Å². The van der Waals surface area contributed by atoms with Gasteiger partial charge in [-0.2, -0.15) is 0 Å². The Morgan fingerprint density at radius 2 is 1.60 bits per heavy atom. The number of nitrogens with one attached hydrogen (secondary N) is 1. The number of hydrogen-bond acceptors (Lipinski definition) is 2. The van der Waals surface area contributed by atoms with Crippen molar-refractivity contribution in [2.45, 2.75) is 12.1 Å². The topological polar surface area (TPSA) is 33.1 Å². The third-order valence-electron chi connectivity index (χ3n) is 5.32. The molecule has 1 aliphatic heterocycles. The first kappa shape index (κ1) is 18.5. The van der Waals surface area contributed by atoms with Crippen molar-refractivity contribution in [2.24, 2.45) is 0 Å². The van der Waals surface area contributed by atoms with Gasteiger partial charge in [0.1, 0.15) is 11.9 Å². The van der Waals surface area contributed by atoms with Crippen LogP contribution in [0.5, 0.6) is 0 Å². The second-order valence-corrected chi connectivity index (χ2v) is 7.50. The largest absolute Gasteiger partial charge is 0.351 e. The molecule has 5 rings (SSSR count). The molecule has 2 aromatic carbocycles. The molecule has 2 aromatic heterocycles. The summed E-state index contributed by atoms with van der Waals surface area (Å²) in [6, 6.07) is 26.3. The molecule has 1 fully saturated rings. The van der Waals surface area contributed by atoms with Crippen LogP contribution in [0.4, 0.5) is 10.1 Å². The second-order valence-electron chi connectivity index (χ2n) is 7.11. The zero-order valence-electron chi connectivity index (χ0n) is 16.0. The lowest BCUT2D eigenvalue weighted by molar-refractivity contribution is 0.549. The highest BCUT2D eigenvalue weighted by molar-refractivity contribution is 7.80. The Balaban J connectivity index is 1.66. The van der Waals surface area contributed by atoms with Crippen molar-refractivity contribution in [2.75, 3.05) is 4.90 Å². The molecule has 0 spiro atoms. The van der Waals surface area contributed by atoms with E-state index in [0.717, 1.165) is 22.8 Å². The average Bonchev–Trinajstić information content (AvgIpc) is 3.40. The molecule has 2 atom stereocenters. The van der Waals surface area contributed by atoms with Crippen LogP contribution in [0.25, 0.3) is 5.69 Å². The maximum Gasteiger partial charge on any atom is 0.174 e. The predicted octanol–water partition coefficient (Wildman–Crippen LogP) is 5.19. The van der Waals surface area contributed by atoms with Crippen molar-refractivity contribution in [3.63, 3.8) is 0 Å². The van der Waals surface area contributed by atoms with Gasteiger partial charge >= 0.3 is 0 Å². The maximum atomic E-state index is 13.5. The fourth-order valence-corrected chi connectivity index (χ4v) is 4.34. The van der Waals surface area contributed by atoms with Crippen LogP contribution in [0.3, 0.4) is 0 Å². The molecule has 1 aliphatic rings. The number of thiocarbonyl (C=S) groups is 1. The van der Waals surface area contributed by atoms with E-state index in [1.807, 2.05) is 60.8 Å². The van der Waals surface area contributed by atoms with Crippen molar-refractivity contribution in [3.8, 4) is 5.69 Å². The number of nitrogens with zero attached hydrogens (tertiary/aromatic N) is 3. The van der Waals surface area contributed by atoms with Crippen molar-refractivity contribution < 1.29 is 4.39 Å². The molecule has 3 heterocycles. The SMILES string of the molecule is Fc1ccc(-n2cccc2[C@H]2[C@@H](c3ccccn3)NC(=S)N2c2ccccc2)cc1. The molecule has 4 nitrogen and oxygen atoms in total. The van der Waals surface area contributed by atoms with Crippen molar-refractivity contribution in [1.29, 1.82) is 0 Å². The van der Waals surface area contributed by atoms with Gasteiger partial charge < -0.3 is 14.8 Å². The van der Waals surface area contributed by atoms with Crippen LogP contribution in [0, 0.1) is 5.82 Å². The smallest absolute Gasteiger partial charge is 0.174 e. The fourth-order valence-electron chi connectivity index (χ4n) is 3.99. The zero-order valence-corrected chi connectivity index (χ0v) is 16.8. The summed E-state index contributed by atoms with van der Waals surface area (Å²) in [6.45, 7) is 0. The quantitative estimate of drug-likeness (QED) is 0.466. The van der Waals surface area contributed by atoms with Crippen LogP contribution in [0.1, 0.15) is 23.5 Å². The van der Waals surface area contributed by atoms with Crippen LogP contribution >= 0.6 is 12.2 Å². The highest BCUT2D eigenvalue weighted by atomic mass is 32.1. The Bertz CT molecular complexity index is 1160. The Morgan fingerprint density at radius 3 is 2.33 bits per heavy atom. The number of aromatic nitrogens is 2. The molecular weight excluding hydrogens is 395 g/mol. The highest BCUT2D eigenvalue weighted by Crippen LogP contribution is 2.42. The summed E-state index contributed by atoms with van der Waals surface area (Å²) in [5, 5.41) is 4.11. The maximum absolute atomic E-state index is 13.5. The Hall–Kier alpha value is -3.51. The third kappa shape index (κ3) is 3.25. The number of hydrogen-bond donors (Lipinski definition) is 1. The van der Waals surface area contributed by atoms with E-state index in [1.54, 1.807) is 18.3 Å². The normalized spacial score (nSPS) is 18.4. The molecule has 30 heavy (non-hydrogen) atoms. The van der Waals surface area contributed by atoms with E-state index >= 15 is 0 Å². The Morgan fingerprint density at radius 1 is 0.833 bits per heavy atom. The standard InChI is InChI=1S/C24H19FN4S/c25-17-11-13-18(14-12-17)28-16-6-10-21(28)23-22(20-9-4-5-15-26-20)27-24(30)29(23)19-7-2-1-3-8-19/h1-16,22-23H,(H,27,30)/t22-,23+/m1/s1. The van der Waals surface area contributed by atoms with E-state index in [4.69, 9.17) is 12.2 Å². The minimum atomic E-state index is -0.256. The molecule has 148 valence electrons. The summed E-state index contributed by atoms with van der Waals surface area (Å²) < 4.78 is 15.6. The lowest BCUT2D eigenvalue weighted by atomic mass is 10.0. The van der Waals surface area contributed by atoms with Crippen LogP contribution in [0.2, 0.25) is 0 Å². The summed E-state index contributed by atoms with van der Waals surface area (Å²) in [6.07, 6.45) is 3.78. The highest BCUT2D eigenvalue weighted by Gasteiger charge is 2.42. The number of rotatable bonds is 4. The molecule has 1 N–H and O–H groups in total.